The lowest BCUT2D eigenvalue weighted by Gasteiger charge is -2.40. The molecule has 1 atom stereocenters. The highest BCUT2D eigenvalue weighted by atomic mass is 16.5. The van der Waals surface area contributed by atoms with Crippen LogP contribution in [0.25, 0.3) is 11.1 Å². The maximum Gasteiger partial charge on any atom is 0.407 e. The van der Waals surface area contributed by atoms with E-state index in [1.807, 2.05) is 36.4 Å². The van der Waals surface area contributed by atoms with Crippen molar-refractivity contribution in [1.29, 1.82) is 0 Å². The second-order valence-corrected chi connectivity index (χ2v) is 9.25. The summed E-state index contributed by atoms with van der Waals surface area (Å²) in [5, 5.41) is 23.3. The van der Waals surface area contributed by atoms with Crippen LogP contribution in [0, 0.1) is 5.41 Å². The highest BCUT2D eigenvalue weighted by Gasteiger charge is 2.45. The molecule has 176 valence electrons. The predicted octanol–water partition coefficient (Wildman–Crippen LogP) is 2.89. The number of nitrogens with one attached hydrogen (secondary N) is 2. The van der Waals surface area contributed by atoms with Crippen LogP contribution in [-0.4, -0.2) is 53.0 Å². The molecule has 0 radical (unpaired) electrons. The fraction of sp³-hybridized carbons (Fsp3) is 0.400. The molecule has 2 amide bonds. The number of alkyl carbamates (subject to hydrolysis) is 1. The topological polar surface area (TPSA) is 125 Å². The Hall–Kier alpha value is -3.39. The van der Waals surface area contributed by atoms with E-state index in [-0.39, 0.29) is 12.5 Å². The second-order valence-electron chi connectivity index (χ2n) is 9.25. The Balaban J connectivity index is 1.68. The van der Waals surface area contributed by atoms with Crippen molar-refractivity contribution < 1.29 is 29.3 Å². The molecule has 1 aliphatic rings. The van der Waals surface area contributed by atoms with Crippen LogP contribution in [0.4, 0.5) is 4.79 Å². The molecule has 8 heteroatoms. The van der Waals surface area contributed by atoms with Gasteiger partial charge in [0.05, 0.1) is 17.6 Å². The molecule has 0 saturated heterocycles. The van der Waals surface area contributed by atoms with E-state index in [9.17, 15) is 19.5 Å². The number of fused-ring (bicyclic) bond motifs is 3. The first-order chi connectivity index (χ1) is 15.5. The van der Waals surface area contributed by atoms with Crippen LogP contribution in [0.5, 0.6) is 0 Å². The van der Waals surface area contributed by atoms with Crippen LogP contribution in [0.2, 0.25) is 0 Å². The quantitative estimate of drug-likeness (QED) is 0.486. The molecular weight excluding hydrogens is 424 g/mol. The fourth-order valence-electron chi connectivity index (χ4n) is 3.85. The van der Waals surface area contributed by atoms with E-state index in [0.29, 0.717) is 0 Å². The maximum absolute atomic E-state index is 12.7. The van der Waals surface area contributed by atoms with Crippen LogP contribution in [0.3, 0.4) is 0 Å². The molecule has 0 spiro atoms. The highest BCUT2D eigenvalue weighted by molar-refractivity contribution is 5.88. The number of amides is 2. The average molecular weight is 455 g/mol. The molecule has 0 aromatic heterocycles. The van der Waals surface area contributed by atoms with Gasteiger partial charge in [-0.1, -0.05) is 48.5 Å². The number of aliphatic hydroxyl groups is 1. The smallest absolute Gasteiger partial charge is 0.407 e. The summed E-state index contributed by atoms with van der Waals surface area (Å²) in [6.07, 6.45) is -0.681. The Morgan fingerprint density at radius 2 is 1.48 bits per heavy atom. The zero-order chi connectivity index (χ0) is 24.4. The van der Waals surface area contributed by atoms with E-state index in [1.165, 1.54) is 0 Å². The normalized spacial score (nSPS) is 14.1. The standard InChI is InChI=1S/C25H30N2O6/c1-24(2,22(31)26-20(13-28)21(29)30)25(3,4)27-23(32)33-14-19-17-11-7-5-9-15(17)16-10-6-8-12-18(16)19/h5-12,19-20,28H,13-14H2,1-4H3,(H,26,31)(H,27,32)(H,29,30)/t20-/m1/s1. The number of carbonyl (C=O) groups excluding carboxylic acids is 2. The van der Waals surface area contributed by atoms with Crippen molar-refractivity contribution in [2.45, 2.75) is 45.2 Å². The Morgan fingerprint density at radius 3 is 1.97 bits per heavy atom. The number of aliphatic carboxylic acids is 1. The van der Waals surface area contributed by atoms with Gasteiger partial charge in [-0.25, -0.2) is 9.59 Å². The molecule has 4 N–H and O–H groups in total. The summed E-state index contributed by atoms with van der Waals surface area (Å²) in [7, 11) is 0. The first-order valence-corrected chi connectivity index (χ1v) is 10.8. The van der Waals surface area contributed by atoms with Crippen LogP contribution in [0.1, 0.15) is 44.7 Å². The van der Waals surface area contributed by atoms with Gasteiger partial charge in [-0.2, -0.15) is 0 Å². The summed E-state index contributed by atoms with van der Waals surface area (Å²) in [6, 6.07) is 14.6. The number of ether oxygens (including phenoxy) is 1. The van der Waals surface area contributed by atoms with Gasteiger partial charge in [0.1, 0.15) is 12.6 Å². The zero-order valence-electron chi connectivity index (χ0n) is 19.2. The van der Waals surface area contributed by atoms with E-state index in [1.54, 1.807) is 27.7 Å². The third-order valence-electron chi connectivity index (χ3n) is 6.67. The lowest BCUT2D eigenvalue weighted by Crippen LogP contribution is -2.61. The number of hydrogen-bond donors (Lipinski definition) is 4. The number of carboxylic acid groups (broad SMARTS) is 1. The monoisotopic (exact) mass is 454 g/mol. The zero-order valence-corrected chi connectivity index (χ0v) is 19.2. The number of carboxylic acids is 1. The van der Waals surface area contributed by atoms with Crippen LogP contribution in [-0.2, 0) is 14.3 Å². The Kier molecular flexibility index (Phi) is 6.78. The van der Waals surface area contributed by atoms with Crippen molar-refractivity contribution in [1.82, 2.24) is 10.6 Å². The minimum absolute atomic E-state index is 0.0940. The largest absolute Gasteiger partial charge is 0.480 e. The van der Waals surface area contributed by atoms with Crippen molar-refractivity contribution in [3.63, 3.8) is 0 Å². The summed E-state index contributed by atoms with van der Waals surface area (Å²) in [6.45, 7) is 5.88. The van der Waals surface area contributed by atoms with Gasteiger partial charge in [-0.3, -0.25) is 4.79 Å². The average Bonchev–Trinajstić information content (AvgIpc) is 3.09. The second kappa shape index (κ2) is 9.23. The van der Waals surface area contributed by atoms with E-state index in [0.717, 1.165) is 22.3 Å². The first kappa shape index (κ1) is 24.3. The van der Waals surface area contributed by atoms with E-state index in [2.05, 4.69) is 22.8 Å². The van der Waals surface area contributed by atoms with Crippen LogP contribution in [0.15, 0.2) is 48.5 Å². The van der Waals surface area contributed by atoms with Crippen molar-refractivity contribution in [2.75, 3.05) is 13.2 Å². The van der Waals surface area contributed by atoms with Crippen molar-refractivity contribution in [2.24, 2.45) is 5.41 Å². The molecule has 0 aliphatic heterocycles. The molecule has 0 saturated carbocycles. The van der Waals surface area contributed by atoms with Gasteiger partial charge < -0.3 is 25.6 Å². The Bertz CT molecular complexity index is 1020. The lowest BCUT2D eigenvalue weighted by molar-refractivity contribution is -0.145. The van der Waals surface area contributed by atoms with Gasteiger partial charge in [0.15, 0.2) is 0 Å². The highest BCUT2D eigenvalue weighted by Crippen LogP contribution is 2.44. The van der Waals surface area contributed by atoms with Crippen LogP contribution < -0.4 is 10.6 Å². The molecular formula is C25H30N2O6. The SMILES string of the molecule is CC(C)(NC(=O)OCC1c2ccccc2-c2ccccc21)C(C)(C)C(=O)N[C@H](CO)C(=O)O. The molecule has 1 aliphatic carbocycles. The van der Waals surface area contributed by atoms with Gasteiger partial charge in [0.2, 0.25) is 5.91 Å². The summed E-state index contributed by atoms with van der Waals surface area (Å²) < 4.78 is 5.58. The Labute approximate surface area is 193 Å². The molecule has 33 heavy (non-hydrogen) atoms. The van der Waals surface area contributed by atoms with Crippen LogP contribution >= 0.6 is 0 Å². The van der Waals surface area contributed by atoms with E-state index < -0.39 is 41.6 Å². The summed E-state index contributed by atoms with van der Waals surface area (Å²) >= 11 is 0. The third kappa shape index (κ3) is 4.71. The molecule has 8 nitrogen and oxygen atoms in total. The maximum atomic E-state index is 12.7. The number of aliphatic hydroxyl groups excluding tert-OH is 1. The van der Waals surface area contributed by atoms with Gasteiger partial charge in [0, 0.05) is 5.92 Å². The van der Waals surface area contributed by atoms with E-state index >= 15 is 0 Å². The molecule has 2 aromatic rings. The van der Waals surface area contributed by atoms with Gasteiger partial charge in [-0.05, 0) is 49.9 Å². The minimum atomic E-state index is -1.43. The summed E-state index contributed by atoms with van der Waals surface area (Å²) in [4.78, 5) is 36.6. The molecule has 0 unspecified atom stereocenters. The van der Waals surface area contributed by atoms with Crippen molar-refractivity contribution >= 4 is 18.0 Å². The third-order valence-corrected chi connectivity index (χ3v) is 6.67. The van der Waals surface area contributed by atoms with Gasteiger partial charge in [0.25, 0.3) is 0 Å². The molecule has 0 bridgehead atoms. The molecule has 0 fully saturated rings. The summed E-state index contributed by atoms with van der Waals surface area (Å²) in [5.74, 6) is -2.06. The van der Waals surface area contributed by atoms with Crippen molar-refractivity contribution in [3.8, 4) is 11.1 Å². The van der Waals surface area contributed by atoms with Gasteiger partial charge >= 0.3 is 12.1 Å². The summed E-state index contributed by atoms with van der Waals surface area (Å²) in [5.41, 5.74) is 2.14. The van der Waals surface area contributed by atoms with Crippen molar-refractivity contribution in [3.05, 3.63) is 59.7 Å². The number of carbonyl (C=O) groups is 3. The predicted molar refractivity (Wildman–Crippen MR) is 123 cm³/mol. The molecule has 0 heterocycles. The molecule has 2 aromatic carbocycles. The lowest BCUT2D eigenvalue weighted by atomic mass is 9.73. The number of rotatable bonds is 8. The Morgan fingerprint density at radius 1 is 0.970 bits per heavy atom. The fourth-order valence-corrected chi connectivity index (χ4v) is 3.85. The first-order valence-electron chi connectivity index (χ1n) is 10.8. The van der Waals surface area contributed by atoms with E-state index in [4.69, 9.17) is 9.84 Å². The van der Waals surface area contributed by atoms with Gasteiger partial charge in [-0.15, -0.1) is 0 Å². The number of hydrogen-bond acceptors (Lipinski definition) is 5. The minimum Gasteiger partial charge on any atom is -0.480 e. The molecule has 3 rings (SSSR count). The number of benzene rings is 2.